The molecule has 1 saturated carbocycles. The fraction of sp³-hybridized carbons (Fsp3) is 0.800. The van der Waals surface area contributed by atoms with Gasteiger partial charge in [-0.3, -0.25) is 4.68 Å². The molecule has 0 radical (unpaired) electrons. The molecule has 1 atom stereocenters. The molecule has 1 unspecified atom stereocenters. The number of hydrogen-bond donors (Lipinski definition) is 1. The summed E-state index contributed by atoms with van der Waals surface area (Å²) in [4.78, 5) is 0. The lowest BCUT2D eigenvalue weighted by Crippen LogP contribution is -2.24. The zero-order chi connectivity index (χ0) is 12.8. The van der Waals surface area contributed by atoms with Crippen molar-refractivity contribution in [3.63, 3.8) is 0 Å². The number of rotatable bonds is 5. The molecule has 0 bridgehead atoms. The van der Waals surface area contributed by atoms with Crippen molar-refractivity contribution in [3.8, 4) is 0 Å². The smallest absolute Gasteiger partial charge is 0.0793 e. The molecule has 3 nitrogen and oxygen atoms in total. The predicted octanol–water partition coefficient (Wildman–Crippen LogP) is 3.43. The van der Waals surface area contributed by atoms with Crippen LogP contribution in [0.2, 0.25) is 0 Å². The van der Waals surface area contributed by atoms with Gasteiger partial charge in [-0.2, -0.15) is 5.10 Å². The molecule has 1 aliphatic rings. The second kappa shape index (κ2) is 6.93. The third-order valence-electron chi connectivity index (χ3n) is 4.09. The van der Waals surface area contributed by atoms with Gasteiger partial charge in [0.25, 0.3) is 0 Å². The van der Waals surface area contributed by atoms with Gasteiger partial charge in [-0.25, -0.2) is 0 Å². The summed E-state index contributed by atoms with van der Waals surface area (Å²) in [5.41, 5.74) is 1.21. The summed E-state index contributed by atoms with van der Waals surface area (Å²) in [5, 5.41) is 8.18. The van der Waals surface area contributed by atoms with Crippen LogP contribution < -0.4 is 5.32 Å². The van der Waals surface area contributed by atoms with Crippen molar-refractivity contribution in [2.24, 2.45) is 13.0 Å². The van der Waals surface area contributed by atoms with E-state index in [4.69, 9.17) is 0 Å². The maximum atomic E-state index is 4.57. The van der Waals surface area contributed by atoms with E-state index in [0.717, 1.165) is 12.5 Å². The number of hydrogen-bond acceptors (Lipinski definition) is 2. The summed E-state index contributed by atoms with van der Waals surface area (Å²) in [5.74, 6) is 0.888. The van der Waals surface area contributed by atoms with E-state index in [1.54, 1.807) is 0 Å². The van der Waals surface area contributed by atoms with Crippen LogP contribution in [0.15, 0.2) is 12.3 Å². The quantitative estimate of drug-likeness (QED) is 0.810. The van der Waals surface area contributed by atoms with Gasteiger partial charge in [-0.1, -0.05) is 45.4 Å². The van der Waals surface area contributed by atoms with Crippen LogP contribution in [0.25, 0.3) is 0 Å². The van der Waals surface area contributed by atoms with E-state index in [0.29, 0.717) is 6.04 Å². The van der Waals surface area contributed by atoms with Crippen LogP contribution in [-0.2, 0) is 7.05 Å². The molecule has 0 aromatic carbocycles. The van der Waals surface area contributed by atoms with E-state index in [1.165, 1.54) is 50.6 Å². The number of aromatic nitrogens is 2. The molecule has 0 saturated heterocycles. The van der Waals surface area contributed by atoms with Gasteiger partial charge in [0, 0.05) is 13.2 Å². The Kier molecular flexibility index (Phi) is 5.24. The summed E-state index contributed by atoms with van der Waals surface area (Å²) >= 11 is 0. The molecule has 1 heterocycles. The lowest BCUT2D eigenvalue weighted by Gasteiger charge is -2.22. The van der Waals surface area contributed by atoms with E-state index < -0.39 is 0 Å². The molecule has 18 heavy (non-hydrogen) atoms. The largest absolute Gasteiger partial charge is 0.309 e. The van der Waals surface area contributed by atoms with Crippen LogP contribution in [0.3, 0.4) is 0 Å². The summed E-state index contributed by atoms with van der Waals surface area (Å²) in [6.07, 6.45) is 11.8. The molecule has 0 aliphatic heterocycles. The van der Waals surface area contributed by atoms with Crippen molar-refractivity contribution in [2.45, 2.75) is 57.9 Å². The highest BCUT2D eigenvalue weighted by molar-refractivity contribution is 5.05. The second-order valence-corrected chi connectivity index (χ2v) is 5.62. The van der Waals surface area contributed by atoms with Gasteiger partial charge in [0.1, 0.15) is 0 Å². The molecule has 1 aromatic heterocycles. The van der Waals surface area contributed by atoms with E-state index in [1.807, 2.05) is 17.9 Å². The maximum absolute atomic E-state index is 4.57. The van der Waals surface area contributed by atoms with E-state index >= 15 is 0 Å². The Balaban J connectivity index is 1.96. The molecule has 3 heteroatoms. The third kappa shape index (κ3) is 3.84. The Labute approximate surface area is 111 Å². The SMILES string of the molecule is CCNC(CC1CCCCCC1)c1ccn(C)n1. The average molecular weight is 249 g/mol. The first-order valence-corrected chi connectivity index (χ1v) is 7.52. The standard InChI is InChI=1S/C15H27N3/c1-3-16-15(14-10-11-18(2)17-14)12-13-8-6-4-5-7-9-13/h10-11,13,15-16H,3-9,12H2,1-2H3. The molecule has 1 fully saturated rings. The van der Waals surface area contributed by atoms with E-state index in [2.05, 4.69) is 23.4 Å². The van der Waals surface area contributed by atoms with Gasteiger partial charge in [0.2, 0.25) is 0 Å². The summed E-state index contributed by atoms with van der Waals surface area (Å²) < 4.78 is 1.91. The number of nitrogens with one attached hydrogen (secondary N) is 1. The van der Waals surface area contributed by atoms with Gasteiger partial charge >= 0.3 is 0 Å². The Bertz CT molecular complexity index is 337. The molecular weight excluding hydrogens is 222 g/mol. The highest BCUT2D eigenvalue weighted by Crippen LogP contribution is 2.30. The first kappa shape index (κ1) is 13.6. The lowest BCUT2D eigenvalue weighted by molar-refractivity contribution is 0.354. The molecular formula is C15H27N3. The second-order valence-electron chi connectivity index (χ2n) is 5.62. The van der Waals surface area contributed by atoms with E-state index in [-0.39, 0.29) is 0 Å². The van der Waals surface area contributed by atoms with Gasteiger partial charge in [-0.05, 0) is 24.9 Å². The van der Waals surface area contributed by atoms with Crippen molar-refractivity contribution in [1.29, 1.82) is 0 Å². The van der Waals surface area contributed by atoms with Crippen LogP contribution in [-0.4, -0.2) is 16.3 Å². The van der Waals surface area contributed by atoms with Crippen LogP contribution in [0.1, 0.15) is 63.6 Å². The van der Waals surface area contributed by atoms with Gasteiger partial charge < -0.3 is 5.32 Å². The third-order valence-corrected chi connectivity index (χ3v) is 4.09. The Hall–Kier alpha value is -0.830. The summed E-state index contributed by atoms with van der Waals surface area (Å²) in [6.45, 7) is 3.21. The molecule has 102 valence electrons. The summed E-state index contributed by atoms with van der Waals surface area (Å²) in [6, 6.07) is 2.60. The van der Waals surface area contributed by atoms with Crippen LogP contribution in [0.4, 0.5) is 0 Å². The minimum atomic E-state index is 0.444. The fourth-order valence-corrected chi connectivity index (χ4v) is 3.11. The average Bonchev–Trinajstić information content (AvgIpc) is 2.63. The van der Waals surface area contributed by atoms with Gasteiger partial charge in [-0.15, -0.1) is 0 Å². The van der Waals surface area contributed by atoms with Crippen molar-refractivity contribution >= 4 is 0 Å². The molecule has 1 N–H and O–H groups in total. The Morgan fingerprint density at radius 3 is 2.61 bits per heavy atom. The monoisotopic (exact) mass is 249 g/mol. The van der Waals surface area contributed by atoms with Crippen molar-refractivity contribution in [2.75, 3.05) is 6.54 Å². The molecule has 2 rings (SSSR count). The number of nitrogens with zero attached hydrogens (tertiary/aromatic N) is 2. The normalized spacial score (nSPS) is 19.7. The van der Waals surface area contributed by atoms with E-state index in [9.17, 15) is 0 Å². The lowest BCUT2D eigenvalue weighted by atomic mass is 9.91. The van der Waals surface area contributed by atoms with Crippen LogP contribution in [0, 0.1) is 5.92 Å². The number of aryl methyl sites for hydroxylation is 1. The zero-order valence-corrected chi connectivity index (χ0v) is 11.9. The maximum Gasteiger partial charge on any atom is 0.0793 e. The minimum absolute atomic E-state index is 0.444. The van der Waals surface area contributed by atoms with Crippen LogP contribution >= 0.6 is 0 Å². The molecule has 0 amide bonds. The minimum Gasteiger partial charge on any atom is -0.309 e. The first-order chi connectivity index (χ1) is 8.79. The van der Waals surface area contributed by atoms with Crippen molar-refractivity contribution in [3.05, 3.63) is 18.0 Å². The van der Waals surface area contributed by atoms with Gasteiger partial charge in [0.05, 0.1) is 11.7 Å². The predicted molar refractivity (Wildman–Crippen MR) is 75.4 cm³/mol. The Morgan fingerprint density at radius 1 is 1.33 bits per heavy atom. The zero-order valence-electron chi connectivity index (χ0n) is 11.9. The van der Waals surface area contributed by atoms with Crippen LogP contribution in [0.5, 0.6) is 0 Å². The first-order valence-electron chi connectivity index (χ1n) is 7.52. The highest BCUT2D eigenvalue weighted by atomic mass is 15.3. The fourth-order valence-electron chi connectivity index (χ4n) is 3.11. The molecule has 1 aromatic rings. The van der Waals surface area contributed by atoms with Crippen molar-refractivity contribution < 1.29 is 0 Å². The van der Waals surface area contributed by atoms with Gasteiger partial charge in [0.15, 0.2) is 0 Å². The summed E-state index contributed by atoms with van der Waals surface area (Å²) in [7, 11) is 2.00. The Morgan fingerprint density at radius 2 is 2.06 bits per heavy atom. The molecule has 0 spiro atoms. The highest BCUT2D eigenvalue weighted by Gasteiger charge is 2.20. The molecule has 1 aliphatic carbocycles. The topological polar surface area (TPSA) is 29.9 Å². The van der Waals surface area contributed by atoms with Crippen molar-refractivity contribution in [1.82, 2.24) is 15.1 Å².